The third kappa shape index (κ3) is 3.28. The number of aryl methyl sites for hydroxylation is 1. The molecule has 0 atom stereocenters. The molecule has 0 unspecified atom stereocenters. The van der Waals surface area contributed by atoms with E-state index in [1.807, 2.05) is 28.8 Å². The second-order valence-electron chi connectivity index (χ2n) is 5.60. The van der Waals surface area contributed by atoms with Crippen LogP contribution in [0, 0.1) is 0 Å². The van der Waals surface area contributed by atoms with Crippen molar-refractivity contribution in [2.45, 2.75) is 19.9 Å². The van der Waals surface area contributed by atoms with E-state index in [2.05, 4.69) is 17.2 Å². The smallest absolute Gasteiger partial charge is 0.261 e. The number of imidazole rings is 1. The van der Waals surface area contributed by atoms with Crippen molar-refractivity contribution in [1.82, 2.24) is 9.55 Å². The number of nitrogens with zero attached hydrogens (tertiary/aromatic N) is 2. The van der Waals surface area contributed by atoms with Crippen LogP contribution >= 0.6 is 0 Å². The molecule has 3 aromatic rings. The molecule has 1 heterocycles. The van der Waals surface area contributed by atoms with E-state index in [0.717, 1.165) is 24.0 Å². The van der Waals surface area contributed by atoms with Crippen LogP contribution in [0.1, 0.15) is 23.7 Å². The molecule has 1 amide bonds. The first-order valence-electron chi connectivity index (χ1n) is 8.16. The molecule has 0 fully saturated rings. The van der Waals surface area contributed by atoms with Gasteiger partial charge in [-0.1, -0.05) is 19.1 Å². The van der Waals surface area contributed by atoms with E-state index in [4.69, 9.17) is 9.47 Å². The zero-order valence-corrected chi connectivity index (χ0v) is 14.6. The van der Waals surface area contributed by atoms with Crippen LogP contribution in [0.3, 0.4) is 0 Å². The summed E-state index contributed by atoms with van der Waals surface area (Å²) < 4.78 is 12.5. The van der Waals surface area contributed by atoms with E-state index in [-0.39, 0.29) is 5.91 Å². The van der Waals surface area contributed by atoms with Gasteiger partial charge in [-0.15, -0.1) is 0 Å². The Morgan fingerprint density at radius 1 is 1.16 bits per heavy atom. The Bertz CT molecular complexity index is 902. The normalized spacial score (nSPS) is 10.7. The summed E-state index contributed by atoms with van der Waals surface area (Å²) in [6.07, 6.45) is 0.940. The van der Waals surface area contributed by atoms with E-state index in [0.29, 0.717) is 23.0 Å². The number of rotatable bonds is 6. The van der Waals surface area contributed by atoms with Crippen LogP contribution in [0.4, 0.5) is 5.95 Å². The maximum Gasteiger partial charge on any atom is 0.261 e. The number of carbonyl (C=O) groups excluding carboxylic acids is 1. The molecule has 0 aliphatic heterocycles. The highest BCUT2D eigenvalue weighted by Gasteiger charge is 2.17. The SMILES string of the molecule is CCCn1c(NC(=O)c2ccc(OC)cc2OC)nc2ccccc21. The fourth-order valence-electron chi connectivity index (χ4n) is 2.78. The first-order chi connectivity index (χ1) is 12.2. The number of fused-ring (bicyclic) bond motifs is 1. The zero-order valence-electron chi connectivity index (χ0n) is 14.6. The fraction of sp³-hybridized carbons (Fsp3) is 0.263. The molecule has 6 nitrogen and oxygen atoms in total. The van der Waals surface area contributed by atoms with Gasteiger partial charge in [0, 0.05) is 12.6 Å². The average molecular weight is 339 g/mol. The Morgan fingerprint density at radius 3 is 2.68 bits per heavy atom. The molecule has 25 heavy (non-hydrogen) atoms. The van der Waals surface area contributed by atoms with E-state index in [1.54, 1.807) is 25.3 Å². The van der Waals surface area contributed by atoms with Crippen molar-refractivity contribution in [2.75, 3.05) is 19.5 Å². The van der Waals surface area contributed by atoms with Gasteiger partial charge in [-0.3, -0.25) is 10.1 Å². The van der Waals surface area contributed by atoms with Gasteiger partial charge in [-0.25, -0.2) is 4.98 Å². The molecule has 0 saturated carbocycles. The minimum Gasteiger partial charge on any atom is -0.497 e. The third-order valence-corrected chi connectivity index (χ3v) is 3.98. The lowest BCUT2D eigenvalue weighted by Gasteiger charge is -2.12. The number of amides is 1. The van der Waals surface area contributed by atoms with Crippen LogP contribution in [-0.2, 0) is 6.54 Å². The molecule has 1 N–H and O–H groups in total. The lowest BCUT2D eigenvalue weighted by molar-refractivity contribution is 0.102. The maximum atomic E-state index is 12.7. The van der Waals surface area contributed by atoms with Gasteiger partial charge in [0.2, 0.25) is 5.95 Å². The summed E-state index contributed by atoms with van der Waals surface area (Å²) >= 11 is 0. The number of hydrogen-bond donors (Lipinski definition) is 1. The fourth-order valence-corrected chi connectivity index (χ4v) is 2.78. The standard InChI is InChI=1S/C19H21N3O3/c1-4-11-22-16-8-6-5-7-15(16)20-19(22)21-18(23)14-10-9-13(24-2)12-17(14)25-3/h5-10,12H,4,11H2,1-3H3,(H,20,21,23). The Morgan fingerprint density at radius 2 is 1.96 bits per heavy atom. The Balaban J connectivity index is 1.96. The molecular formula is C19H21N3O3. The largest absolute Gasteiger partial charge is 0.497 e. The van der Waals surface area contributed by atoms with Crippen molar-refractivity contribution < 1.29 is 14.3 Å². The van der Waals surface area contributed by atoms with Crippen molar-refractivity contribution in [3.8, 4) is 11.5 Å². The number of hydrogen-bond acceptors (Lipinski definition) is 4. The molecular weight excluding hydrogens is 318 g/mol. The molecule has 0 aliphatic rings. The maximum absolute atomic E-state index is 12.7. The molecule has 0 saturated heterocycles. The molecule has 0 bridgehead atoms. The van der Waals surface area contributed by atoms with Crippen molar-refractivity contribution in [2.24, 2.45) is 0 Å². The highest BCUT2D eigenvalue weighted by atomic mass is 16.5. The number of anilines is 1. The van der Waals surface area contributed by atoms with Crippen LogP contribution in [0.15, 0.2) is 42.5 Å². The average Bonchev–Trinajstić information content (AvgIpc) is 2.98. The number of methoxy groups -OCH3 is 2. The first kappa shape index (κ1) is 16.8. The molecule has 1 aromatic heterocycles. The summed E-state index contributed by atoms with van der Waals surface area (Å²) in [5.41, 5.74) is 2.28. The number of para-hydroxylation sites is 2. The van der Waals surface area contributed by atoms with Crippen LogP contribution in [0.25, 0.3) is 11.0 Å². The van der Waals surface area contributed by atoms with Gasteiger partial charge < -0.3 is 14.0 Å². The molecule has 6 heteroatoms. The summed E-state index contributed by atoms with van der Waals surface area (Å²) in [5, 5.41) is 2.91. The molecule has 2 aromatic carbocycles. The van der Waals surface area contributed by atoms with Crippen molar-refractivity contribution in [3.63, 3.8) is 0 Å². The van der Waals surface area contributed by atoms with Crippen LogP contribution in [0.2, 0.25) is 0 Å². The summed E-state index contributed by atoms with van der Waals surface area (Å²) in [5.74, 6) is 1.35. The van der Waals surface area contributed by atoms with Crippen LogP contribution < -0.4 is 14.8 Å². The van der Waals surface area contributed by atoms with E-state index in [9.17, 15) is 4.79 Å². The number of nitrogens with one attached hydrogen (secondary N) is 1. The van der Waals surface area contributed by atoms with Gasteiger partial charge in [0.25, 0.3) is 5.91 Å². The van der Waals surface area contributed by atoms with E-state index < -0.39 is 0 Å². The predicted molar refractivity (Wildman–Crippen MR) is 97.5 cm³/mol. The number of carbonyl (C=O) groups is 1. The Labute approximate surface area is 146 Å². The first-order valence-corrected chi connectivity index (χ1v) is 8.16. The van der Waals surface area contributed by atoms with E-state index in [1.165, 1.54) is 7.11 Å². The zero-order chi connectivity index (χ0) is 17.8. The minimum absolute atomic E-state index is 0.271. The van der Waals surface area contributed by atoms with Gasteiger partial charge in [0.15, 0.2) is 0 Å². The topological polar surface area (TPSA) is 65.4 Å². The van der Waals surface area contributed by atoms with Gasteiger partial charge in [-0.05, 0) is 30.7 Å². The lowest BCUT2D eigenvalue weighted by Crippen LogP contribution is -2.17. The number of aromatic nitrogens is 2. The molecule has 3 rings (SSSR count). The quantitative estimate of drug-likeness (QED) is 0.743. The van der Waals surface area contributed by atoms with Crippen LogP contribution in [0.5, 0.6) is 11.5 Å². The van der Waals surface area contributed by atoms with E-state index >= 15 is 0 Å². The van der Waals surface area contributed by atoms with Gasteiger partial charge in [-0.2, -0.15) is 0 Å². The lowest BCUT2D eigenvalue weighted by atomic mass is 10.2. The third-order valence-electron chi connectivity index (χ3n) is 3.98. The summed E-state index contributed by atoms with van der Waals surface area (Å²) in [6, 6.07) is 12.9. The second-order valence-corrected chi connectivity index (χ2v) is 5.60. The monoisotopic (exact) mass is 339 g/mol. The van der Waals surface area contributed by atoms with Crippen molar-refractivity contribution in [3.05, 3.63) is 48.0 Å². The summed E-state index contributed by atoms with van der Waals surface area (Å²) in [4.78, 5) is 17.3. The molecule has 0 aliphatic carbocycles. The van der Waals surface area contributed by atoms with Crippen molar-refractivity contribution in [1.29, 1.82) is 0 Å². The Kier molecular flexibility index (Phi) is 4.88. The highest BCUT2D eigenvalue weighted by Crippen LogP contribution is 2.26. The molecule has 0 radical (unpaired) electrons. The number of benzene rings is 2. The van der Waals surface area contributed by atoms with Gasteiger partial charge in [0.05, 0.1) is 30.8 Å². The molecule has 130 valence electrons. The van der Waals surface area contributed by atoms with Crippen molar-refractivity contribution >= 4 is 22.9 Å². The summed E-state index contributed by atoms with van der Waals surface area (Å²) in [7, 11) is 3.10. The van der Waals surface area contributed by atoms with Crippen LogP contribution in [-0.4, -0.2) is 29.7 Å². The second kappa shape index (κ2) is 7.25. The minimum atomic E-state index is -0.271. The summed E-state index contributed by atoms with van der Waals surface area (Å²) in [6.45, 7) is 2.86. The Hall–Kier alpha value is -3.02. The highest BCUT2D eigenvalue weighted by molar-refractivity contribution is 6.06. The molecule has 0 spiro atoms. The predicted octanol–water partition coefficient (Wildman–Crippen LogP) is 3.72. The number of ether oxygens (including phenoxy) is 2. The van der Waals surface area contributed by atoms with Gasteiger partial charge >= 0.3 is 0 Å². The van der Waals surface area contributed by atoms with Gasteiger partial charge in [0.1, 0.15) is 11.5 Å².